The van der Waals surface area contributed by atoms with Gasteiger partial charge in [0.2, 0.25) is 5.91 Å². The van der Waals surface area contributed by atoms with Crippen LogP contribution in [0.2, 0.25) is 0 Å². The van der Waals surface area contributed by atoms with Crippen LogP contribution in [0, 0.1) is 11.3 Å². The Morgan fingerprint density at radius 3 is 2.60 bits per heavy atom. The Bertz CT molecular complexity index is 603. The van der Waals surface area contributed by atoms with Crippen LogP contribution in [-0.4, -0.2) is 25.5 Å². The first kappa shape index (κ1) is 19.3. The number of benzene rings is 1. The minimum absolute atomic E-state index is 0.400. The summed E-state index contributed by atoms with van der Waals surface area (Å²) in [6, 6.07) is 7.38. The Morgan fingerprint density at radius 2 is 2.00 bits per heavy atom. The maximum absolute atomic E-state index is 11.3. The molecule has 0 heterocycles. The summed E-state index contributed by atoms with van der Waals surface area (Å²) >= 11 is 0. The van der Waals surface area contributed by atoms with Crippen LogP contribution in [0.25, 0.3) is 0 Å². The zero-order chi connectivity index (χ0) is 18.3. The number of rotatable bonds is 7. The second-order valence-corrected chi connectivity index (χ2v) is 7.65. The van der Waals surface area contributed by atoms with Crippen molar-refractivity contribution in [3.05, 3.63) is 35.4 Å². The van der Waals surface area contributed by atoms with Crippen LogP contribution in [0.4, 0.5) is 0 Å². The third-order valence-corrected chi connectivity index (χ3v) is 5.03. The molecule has 1 fully saturated rings. The molecule has 1 aromatic carbocycles. The van der Waals surface area contributed by atoms with E-state index < -0.39 is 5.91 Å². The van der Waals surface area contributed by atoms with Crippen molar-refractivity contribution in [2.75, 3.05) is 13.6 Å². The quantitative estimate of drug-likeness (QED) is 0.525. The van der Waals surface area contributed by atoms with E-state index in [2.05, 4.69) is 29.5 Å². The van der Waals surface area contributed by atoms with Crippen molar-refractivity contribution in [2.24, 2.45) is 22.1 Å². The van der Waals surface area contributed by atoms with E-state index >= 15 is 0 Å². The zero-order valence-corrected chi connectivity index (χ0v) is 15.8. The number of nitrogens with one attached hydrogen (secondary N) is 2. The van der Waals surface area contributed by atoms with E-state index in [9.17, 15) is 4.79 Å². The molecule has 0 aliphatic heterocycles. The van der Waals surface area contributed by atoms with Crippen molar-refractivity contribution >= 4 is 11.9 Å². The number of carbonyl (C=O) groups excluding carboxylic acids is 1. The molecule has 5 nitrogen and oxygen atoms in total. The van der Waals surface area contributed by atoms with Crippen LogP contribution in [-0.2, 0) is 6.54 Å². The molecule has 1 aliphatic carbocycles. The van der Waals surface area contributed by atoms with Crippen molar-refractivity contribution in [2.45, 2.75) is 52.5 Å². The van der Waals surface area contributed by atoms with E-state index in [-0.39, 0.29) is 0 Å². The topological polar surface area (TPSA) is 79.5 Å². The van der Waals surface area contributed by atoms with E-state index in [1.54, 1.807) is 13.1 Å². The van der Waals surface area contributed by atoms with Crippen LogP contribution in [0.1, 0.15) is 61.9 Å². The van der Waals surface area contributed by atoms with Gasteiger partial charge in [0.1, 0.15) is 0 Å². The van der Waals surface area contributed by atoms with Gasteiger partial charge in [0, 0.05) is 25.7 Å². The number of aliphatic imine (C=N–C) groups is 1. The molecule has 0 aromatic heterocycles. The van der Waals surface area contributed by atoms with Gasteiger partial charge in [-0.1, -0.05) is 38.8 Å². The monoisotopic (exact) mass is 344 g/mol. The largest absolute Gasteiger partial charge is 0.366 e. The lowest BCUT2D eigenvalue weighted by Crippen LogP contribution is -2.43. The van der Waals surface area contributed by atoms with E-state index in [1.807, 2.05) is 18.2 Å². The number of nitrogens with zero attached hydrogens (tertiary/aromatic N) is 1. The number of hydrogen-bond acceptors (Lipinski definition) is 2. The van der Waals surface area contributed by atoms with Crippen LogP contribution >= 0.6 is 0 Å². The fourth-order valence-corrected chi connectivity index (χ4v) is 3.96. The smallest absolute Gasteiger partial charge is 0.248 e. The summed E-state index contributed by atoms with van der Waals surface area (Å²) in [6.45, 7) is 6.18. The summed E-state index contributed by atoms with van der Waals surface area (Å²) in [6.07, 6.45) is 6.53. The van der Waals surface area contributed by atoms with Gasteiger partial charge in [-0.3, -0.25) is 9.79 Å². The summed E-state index contributed by atoms with van der Waals surface area (Å²) in [7, 11) is 1.79. The van der Waals surface area contributed by atoms with Crippen molar-refractivity contribution in [3.63, 3.8) is 0 Å². The molecular weight excluding hydrogens is 312 g/mol. The van der Waals surface area contributed by atoms with Crippen molar-refractivity contribution in [1.29, 1.82) is 0 Å². The van der Waals surface area contributed by atoms with Crippen molar-refractivity contribution < 1.29 is 4.79 Å². The van der Waals surface area contributed by atoms with E-state index in [0.717, 1.165) is 18.1 Å². The Morgan fingerprint density at radius 1 is 1.28 bits per heavy atom. The lowest BCUT2D eigenvalue weighted by Gasteiger charge is -2.32. The predicted molar refractivity (Wildman–Crippen MR) is 104 cm³/mol. The molecule has 0 unspecified atom stereocenters. The number of guanidine groups is 1. The molecule has 25 heavy (non-hydrogen) atoms. The first-order chi connectivity index (χ1) is 11.9. The molecule has 0 saturated heterocycles. The van der Waals surface area contributed by atoms with Gasteiger partial charge < -0.3 is 16.4 Å². The minimum atomic E-state index is -0.402. The second-order valence-electron chi connectivity index (χ2n) is 7.65. The van der Waals surface area contributed by atoms with Gasteiger partial charge >= 0.3 is 0 Å². The van der Waals surface area contributed by atoms with Gasteiger partial charge in [-0.2, -0.15) is 0 Å². The first-order valence-electron chi connectivity index (χ1n) is 9.27. The van der Waals surface area contributed by atoms with Crippen LogP contribution in [0.5, 0.6) is 0 Å². The third-order valence-electron chi connectivity index (χ3n) is 5.03. The highest BCUT2D eigenvalue weighted by Crippen LogP contribution is 2.42. The van der Waals surface area contributed by atoms with Gasteiger partial charge in [-0.15, -0.1) is 0 Å². The maximum atomic E-state index is 11.3. The number of primary amides is 1. The van der Waals surface area contributed by atoms with Crippen molar-refractivity contribution in [3.8, 4) is 0 Å². The molecule has 138 valence electrons. The van der Waals surface area contributed by atoms with Crippen LogP contribution in [0.15, 0.2) is 29.3 Å². The SMILES string of the molecule is CN=C(NCc1cccc(C(N)=O)c1)NCC1(CC(C)C)CCCC1. The Balaban J connectivity index is 1.90. The zero-order valence-electron chi connectivity index (χ0n) is 15.8. The Kier molecular flexibility index (Phi) is 6.85. The number of hydrogen-bond donors (Lipinski definition) is 3. The number of nitrogens with two attached hydrogens (primary N) is 1. The van der Waals surface area contributed by atoms with Gasteiger partial charge in [0.05, 0.1) is 0 Å². The molecule has 2 rings (SSSR count). The molecule has 1 aromatic rings. The molecule has 4 N–H and O–H groups in total. The highest BCUT2D eigenvalue weighted by molar-refractivity contribution is 5.92. The fraction of sp³-hybridized carbons (Fsp3) is 0.600. The predicted octanol–water partition coefficient (Wildman–Crippen LogP) is 3.06. The molecule has 0 bridgehead atoms. The molecule has 0 radical (unpaired) electrons. The molecule has 5 heteroatoms. The van der Waals surface area contributed by atoms with Gasteiger partial charge in [-0.25, -0.2) is 0 Å². The molecular formula is C20H32N4O. The fourth-order valence-electron chi connectivity index (χ4n) is 3.96. The lowest BCUT2D eigenvalue weighted by molar-refractivity contribution is 0.1000. The molecule has 1 amide bonds. The lowest BCUT2D eigenvalue weighted by atomic mass is 9.78. The average molecular weight is 345 g/mol. The minimum Gasteiger partial charge on any atom is -0.366 e. The Labute approximate surface area is 151 Å². The van der Waals surface area contributed by atoms with E-state index in [1.165, 1.54) is 32.1 Å². The number of carbonyl (C=O) groups is 1. The van der Waals surface area contributed by atoms with Crippen molar-refractivity contribution in [1.82, 2.24) is 10.6 Å². The summed E-state index contributed by atoms with van der Waals surface area (Å²) in [5.74, 6) is 1.12. The first-order valence-corrected chi connectivity index (χ1v) is 9.27. The normalized spacial score (nSPS) is 16.9. The summed E-state index contributed by atoms with van der Waals surface area (Å²) < 4.78 is 0. The van der Waals surface area contributed by atoms with Crippen LogP contribution in [0.3, 0.4) is 0 Å². The van der Waals surface area contributed by atoms with Gasteiger partial charge in [0.25, 0.3) is 0 Å². The van der Waals surface area contributed by atoms with Gasteiger partial charge in [-0.05, 0) is 48.3 Å². The van der Waals surface area contributed by atoms with Crippen LogP contribution < -0.4 is 16.4 Å². The summed E-state index contributed by atoms with van der Waals surface area (Å²) in [5.41, 5.74) is 7.28. The van der Waals surface area contributed by atoms with E-state index in [4.69, 9.17) is 5.73 Å². The average Bonchev–Trinajstić information content (AvgIpc) is 3.03. The highest BCUT2D eigenvalue weighted by Gasteiger charge is 2.34. The standard InChI is InChI=1S/C20H32N4O/c1-15(2)12-20(9-4-5-10-20)14-24-19(22-3)23-13-16-7-6-8-17(11-16)18(21)25/h6-8,11,15H,4-5,9-10,12-14H2,1-3H3,(H2,21,25)(H2,22,23,24). The molecule has 1 saturated carbocycles. The molecule has 0 atom stereocenters. The summed E-state index contributed by atoms with van der Waals surface area (Å²) in [5, 5.41) is 6.85. The molecule has 0 spiro atoms. The third kappa shape index (κ3) is 5.76. The van der Waals surface area contributed by atoms with Gasteiger partial charge in [0.15, 0.2) is 5.96 Å². The maximum Gasteiger partial charge on any atom is 0.248 e. The Hall–Kier alpha value is -2.04. The van der Waals surface area contributed by atoms with E-state index in [0.29, 0.717) is 23.4 Å². The second kappa shape index (κ2) is 8.88. The molecule has 1 aliphatic rings. The number of amides is 1. The highest BCUT2D eigenvalue weighted by atomic mass is 16.1. The summed E-state index contributed by atoms with van der Waals surface area (Å²) in [4.78, 5) is 15.6.